The van der Waals surface area contributed by atoms with Crippen molar-refractivity contribution in [2.75, 3.05) is 26.2 Å². The molecular formula is C16H30N4O. The number of piperidine rings is 1. The van der Waals surface area contributed by atoms with Crippen LogP contribution in [0, 0.1) is 5.92 Å². The zero-order valence-corrected chi connectivity index (χ0v) is 13.4. The van der Waals surface area contributed by atoms with Crippen LogP contribution in [-0.4, -0.2) is 51.2 Å². The molecule has 1 saturated heterocycles. The molecule has 0 radical (unpaired) electrons. The maximum absolute atomic E-state index is 8.90. The van der Waals surface area contributed by atoms with Crippen LogP contribution >= 0.6 is 0 Å². The molecule has 0 aromatic carbocycles. The van der Waals surface area contributed by atoms with E-state index in [2.05, 4.69) is 22.1 Å². The zero-order chi connectivity index (χ0) is 14.9. The summed E-state index contributed by atoms with van der Waals surface area (Å²) in [4.78, 5) is 2.62. The third kappa shape index (κ3) is 5.75. The monoisotopic (exact) mass is 294 g/mol. The van der Waals surface area contributed by atoms with E-state index in [4.69, 9.17) is 5.11 Å². The van der Waals surface area contributed by atoms with E-state index in [0.29, 0.717) is 6.42 Å². The Morgan fingerprint density at radius 3 is 2.76 bits per heavy atom. The molecular weight excluding hydrogens is 264 g/mol. The molecule has 1 N–H and O–H groups in total. The van der Waals surface area contributed by atoms with E-state index in [1.165, 1.54) is 58.2 Å². The average Bonchev–Trinajstić information content (AvgIpc) is 2.93. The van der Waals surface area contributed by atoms with Crippen molar-refractivity contribution in [3.8, 4) is 0 Å². The maximum Gasteiger partial charge on any atom is 0.0849 e. The van der Waals surface area contributed by atoms with Crippen molar-refractivity contribution in [1.82, 2.24) is 19.9 Å². The standard InChI is InChI=1S/C16H30N4O/c1-2-3-4-5-9-19-10-6-15(7-11-19)13-20-14-16(8-12-21)17-18-20/h14-15,21H,2-13H2,1H3. The Morgan fingerprint density at radius 2 is 2.05 bits per heavy atom. The Labute approximate surface area is 128 Å². The van der Waals surface area contributed by atoms with E-state index in [0.717, 1.165) is 18.2 Å². The van der Waals surface area contributed by atoms with Crippen LogP contribution in [0.2, 0.25) is 0 Å². The first-order valence-electron chi connectivity index (χ1n) is 8.54. The Balaban J connectivity index is 1.64. The van der Waals surface area contributed by atoms with E-state index in [1.807, 2.05) is 10.9 Å². The summed E-state index contributed by atoms with van der Waals surface area (Å²) in [6.45, 7) is 7.12. The summed E-state index contributed by atoms with van der Waals surface area (Å²) in [5, 5.41) is 17.1. The SMILES string of the molecule is CCCCCCN1CCC(Cn2cc(CCO)nn2)CC1. The summed E-state index contributed by atoms with van der Waals surface area (Å²) in [7, 11) is 0. The van der Waals surface area contributed by atoms with E-state index in [9.17, 15) is 0 Å². The van der Waals surface area contributed by atoms with Crippen molar-refractivity contribution in [1.29, 1.82) is 0 Å². The summed E-state index contributed by atoms with van der Waals surface area (Å²) in [5.74, 6) is 0.723. The number of rotatable bonds is 9. The van der Waals surface area contributed by atoms with Crippen molar-refractivity contribution >= 4 is 0 Å². The minimum atomic E-state index is 0.148. The third-order valence-corrected chi connectivity index (χ3v) is 4.43. The van der Waals surface area contributed by atoms with Crippen LogP contribution in [0.5, 0.6) is 0 Å². The number of nitrogens with zero attached hydrogens (tertiary/aromatic N) is 4. The number of likely N-dealkylation sites (tertiary alicyclic amines) is 1. The fourth-order valence-electron chi connectivity index (χ4n) is 3.08. The first-order chi connectivity index (χ1) is 10.3. The van der Waals surface area contributed by atoms with Gasteiger partial charge in [-0.3, -0.25) is 4.68 Å². The van der Waals surface area contributed by atoms with Gasteiger partial charge in [0.1, 0.15) is 0 Å². The lowest BCUT2D eigenvalue weighted by molar-refractivity contribution is 0.168. The van der Waals surface area contributed by atoms with Crippen LogP contribution in [0.4, 0.5) is 0 Å². The number of aliphatic hydroxyl groups is 1. The minimum Gasteiger partial charge on any atom is -0.396 e. The van der Waals surface area contributed by atoms with Gasteiger partial charge in [0.15, 0.2) is 0 Å². The Bertz CT molecular complexity index is 385. The molecule has 120 valence electrons. The average molecular weight is 294 g/mol. The fraction of sp³-hybridized carbons (Fsp3) is 0.875. The molecule has 0 unspecified atom stereocenters. The van der Waals surface area contributed by atoms with Gasteiger partial charge < -0.3 is 10.0 Å². The quantitative estimate of drug-likeness (QED) is 0.709. The molecule has 2 rings (SSSR count). The Morgan fingerprint density at radius 1 is 1.24 bits per heavy atom. The Kier molecular flexibility index (Phi) is 7.16. The van der Waals surface area contributed by atoms with Crippen molar-refractivity contribution in [3.05, 3.63) is 11.9 Å². The second-order valence-corrected chi connectivity index (χ2v) is 6.25. The highest BCUT2D eigenvalue weighted by Crippen LogP contribution is 2.19. The normalized spacial score (nSPS) is 17.4. The van der Waals surface area contributed by atoms with Gasteiger partial charge in [-0.1, -0.05) is 31.4 Å². The molecule has 21 heavy (non-hydrogen) atoms. The molecule has 2 heterocycles. The van der Waals surface area contributed by atoms with Crippen molar-refractivity contribution in [2.24, 2.45) is 5.92 Å². The summed E-state index contributed by atoms with van der Waals surface area (Å²) < 4.78 is 1.95. The number of hydrogen-bond donors (Lipinski definition) is 1. The highest BCUT2D eigenvalue weighted by atomic mass is 16.3. The van der Waals surface area contributed by atoms with Gasteiger partial charge in [-0.2, -0.15) is 0 Å². The van der Waals surface area contributed by atoms with E-state index < -0.39 is 0 Å². The number of aliphatic hydroxyl groups excluding tert-OH is 1. The van der Waals surface area contributed by atoms with Gasteiger partial charge >= 0.3 is 0 Å². The lowest BCUT2D eigenvalue weighted by Gasteiger charge is -2.31. The molecule has 1 aliphatic rings. The van der Waals surface area contributed by atoms with Crippen LogP contribution in [-0.2, 0) is 13.0 Å². The molecule has 0 spiro atoms. The van der Waals surface area contributed by atoms with Gasteiger partial charge in [0, 0.05) is 25.8 Å². The molecule has 0 atom stereocenters. The van der Waals surface area contributed by atoms with Gasteiger partial charge in [-0.25, -0.2) is 0 Å². The van der Waals surface area contributed by atoms with Gasteiger partial charge in [0.2, 0.25) is 0 Å². The molecule has 1 aromatic heterocycles. The third-order valence-electron chi connectivity index (χ3n) is 4.43. The second-order valence-electron chi connectivity index (χ2n) is 6.25. The Hall–Kier alpha value is -0.940. The van der Waals surface area contributed by atoms with E-state index >= 15 is 0 Å². The summed E-state index contributed by atoms with van der Waals surface area (Å²) in [6.07, 6.45) is 10.5. The predicted octanol–water partition coefficient (Wildman–Crippen LogP) is 2.11. The van der Waals surface area contributed by atoms with Crippen LogP contribution < -0.4 is 0 Å². The van der Waals surface area contributed by atoms with Crippen molar-refractivity contribution in [3.63, 3.8) is 0 Å². The van der Waals surface area contributed by atoms with Crippen LogP contribution in [0.25, 0.3) is 0 Å². The number of aromatic nitrogens is 3. The van der Waals surface area contributed by atoms with Crippen molar-refractivity contribution < 1.29 is 5.11 Å². The van der Waals surface area contributed by atoms with Gasteiger partial charge in [-0.05, 0) is 44.8 Å². The smallest absolute Gasteiger partial charge is 0.0849 e. The molecule has 0 bridgehead atoms. The highest BCUT2D eigenvalue weighted by Gasteiger charge is 2.19. The maximum atomic E-state index is 8.90. The molecule has 5 nitrogen and oxygen atoms in total. The number of unbranched alkanes of at least 4 members (excludes halogenated alkanes) is 3. The highest BCUT2D eigenvalue weighted by molar-refractivity contribution is 4.92. The predicted molar refractivity (Wildman–Crippen MR) is 84.1 cm³/mol. The molecule has 1 fully saturated rings. The summed E-state index contributed by atoms with van der Waals surface area (Å²) >= 11 is 0. The topological polar surface area (TPSA) is 54.2 Å². The van der Waals surface area contributed by atoms with Gasteiger partial charge in [-0.15, -0.1) is 5.10 Å². The second kappa shape index (κ2) is 9.15. The summed E-state index contributed by atoms with van der Waals surface area (Å²) in [6, 6.07) is 0. The van der Waals surface area contributed by atoms with Gasteiger partial charge in [0.25, 0.3) is 0 Å². The largest absolute Gasteiger partial charge is 0.396 e. The minimum absolute atomic E-state index is 0.148. The molecule has 0 aliphatic carbocycles. The molecule has 1 aromatic rings. The van der Waals surface area contributed by atoms with E-state index in [1.54, 1.807) is 0 Å². The van der Waals surface area contributed by atoms with Crippen LogP contribution in [0.3, 0.4) is 0 Å². The molecule has 0 amide bonds. The fourth-order valence-corrected chi connectivity index (χ4v) is 3.08. The van der Waals surface area contributed by atoms with Crippen LogP contribution in [0.15, 0.2) is 6.20 Å². The lowest BCUT2D eigenvalue weighted by Crippen LogP contribution is -2.35. The molecule has 1 aliphatic heterocycles. The zero-order valence-electron chi connectivity index (χ0n) is 13.4. The van der Waals surface area contributed by atoms with Gasteiger partial charge in [0.05, 0.1) is 5.69 Å². The molecule has 0 saturated carbocycles. The first-order valence-corrected chi connectivity index (χ1v) is 8.54. The lowest BCUT2D eigenvalue weighted by atomic mass is 9.96. The molecule has 5 heteroatoms. The van der Waals surface area contributed by atoms with Crippen LogP contribution in [0.1, 0.15) is 51.1 Å². The van der Waals surface area contributed by atoms with Crippen molar-refractivity contribution in [2.45, 2.75) is 58.4 Å². The van der Waals surface area contributed by atoms with E-state index in [-0.39, 0.29) is 6.61 Å². The summed E-state index contributed by atoms with van der Waals surface area (Å²) in [5.41, 5.74) is 0.894. The first kappa shape index (κ1) is 16.4. The number of hydrogen-bond acceptors (Lipinski definition) is 4.